The van der Waals surface area contributed by atoms with Crippen LogP contribution in [0.15, 0.2) is 29.4 Å². The van der Waals surface area contributed by atoms with E-state index < -0.39 is 0 Å². The Kier molecular flexibility index (Phi) is 4.76. The Morgan fingerprint density at radius 2 is 1.93 bits per heavy atom. The smallest absolute Gasteiger partial charge is 0.139 e. The number of benzene rings is 1. The molecule has 0 aliphatic rings. The number of rotatable bonds is 5. The van der Waals surface area contributed by atoms with Crippen LogP contribution in [-0.2, 0) is 11.3 Å². The topological polar surface area (TPSA) is 21.6 Å². The summed E-state index contributed by atoms with van der Waals surface area (Å²) in [6, 6.07) is 8.16. The molecular weight excluding hydrogens is 174 g/mol. The van der Waals surface area contributed by atoms with Gasteiger partial charge in [0.1, 0.15) is 12.8 Å². The number of nitrogens with zero attached hydrogens (tertiary/aromatic N) is 1. The van der Waals surface area contributed by atoms with Crippen LogP contribution >= 0.6 is 0 Å². The number of aryl methyl sites for hydroxylation is 1. The molecule has 0 N–H and O–H groups in total. The molecule has 2 heteroatoms. The molecule has 0 aromatic heterocycles. The molecule has 1 rings (SSSR count). The molecule has 1 radical (unpaired) electrons. The van der Waals surface area contributed by atoms with Gasteiger partial charge < -0.3 is 4.84 Å². The van der Waals surface area contributed by atoms with Gasteiger partial charge in [0.15, 0.2) is 0 Å². The van der Waals surface area contributed by atoms with Gasteiger partial charge in [0.05, 0.1) is 0 Å². The molecule has 0 amide bonds. The van der Waals surface area contributed by atoms with Crippen molar-refractivity contribution in [3.8, 4) is 0 Å². The van der Waals surface area contributed by atoms with Crippen molar-refractivity contribution in [1.82, 2.24) is 0 Å². The molecule has 0 bridgehead atoms. The highest BCUT2D eigenvalue weighted by Crippen LogP contribution is 2.02. The van der Waals surface area contributed by atoms with Crippen molar-refractivity contribution in [2.45, 2.75) is 26.7 Å². The Labute approximate surface area is 85.6 Å². The molecule has 0 atom stereocenters. The summed E-state index contributed by atoms with van der Waals surface area (Å²) in [6.45, 7) is 4.84. The van der Waals surface area contributed by atoms with E-state index in [1.54, 1.807) is 0 Å². The van der Waals surface area contributed by atoms with Crippen LogP contribution in [0.4, 0.5) is 0 Å². The van der Waals surface area contributed by atoms with Crippen LogP contribution in [0.25, 0.3) is 0 Å². The molecule has 0 aliphatic carbocycles. The number of hydrogen-bond donors (Lipinski definition) is 0. The molecule has 0 aliphatic heterocycles. The van der Waals surface area contributed by atoms with E-state index in [2.05, 4.69) is 30.4 Å². The molecule has 0 fully saturated rings. The van der Waals surface area contributed by atoms with Crippen molar-refractivity contribution < 1.29 is 4.84 Å². The molecule has 0 unspecified atom stereocenters. The molecule has 0 heterocycles. The minimum Gasteiger partial charge on any atom is -0.395 e. The predicted octanol–water partition coefficient (Wildman–Crippen LogP) is 2.89. The van der Waals surface area contributed by atoms with Crippen LogP contribution in [0, 0.1) is 0 Å². The first-order valence-electron chi connectivity index (χ1n) is 5.03. The summed E-state index contributed by atoms with van der Waals surface area (Å²) >= 11 is 0. The highest BCUT2D eigenvalue weighted by atomic mass is 16.6. The maximum Gasteiger partial charge on any atom is 0.139 e. The van der Waals surface area contributed by atoms with E-state index in [9.17, 15) is 0 Å². The van der Waals surface area contributed by atoms with Crippen molar-refractivity contribution in [3.05, 3.63) is 35.4 Å². The Bertz CT molecular complexity index is 277. The van der Waals surface area contributed by atoms with E-state index in [0.717, 1.165) is 18.4 Å². The Morgan fingerprint density at radius 3 is 2.50 bits per heavy atom. The van der Waals surface area contributed by atoms with Gasteiger partial charge in [0.2, 0.25) is 0 Å². The number of hydrogen-bond acceptors (Lipinski definition) is 2. The van der Waals surface area contributed by atoms with Crippen LogP contribution in [0.1, 0.15) is 31.4 Å². The normalized spacial score (nSPS) is 10.7. The minimum atomic E-state index is 0.653. The summed E-state index contributed by atoms with van der Waals surface area (Å²) in [5, 5.41) is 3.74. The lowest BCUT2D eigenvalue weighted by Crippen LogP contribution is -1.87. The average Bonchev–Trinajstić information content (AvgIpc) is 2.25. The lowest BCUT2D eigenvalue weighted by atomic mass is 10.1. The van der Waals surface area contributed by atoms with Gasteiger partial charge in [-0.05, 0) is 18.4 Å². The fourth-order valence-corrected chi connectivity index (χ4v) is 1.04. The third-order valence-electron chi connectivity index (χ3n) is 1.90. The molecule has 0 spiro atoms. The Balaban J connectivity index is 2.47. The zero-order chi connectivity index (χ0) is 10.2. The van der Waals surface area contributed by atoms with Gasteiger partial charge in [-0.1, -0.05) is 43.3 Å². The van der Waals surface area contributed by atoms with Crippen LogP contribution in [0.5, 0.6) is 0 Å². The summed E-state index contributed by atoms with van der Waals surface area (Å²) in [4.78, 5) is 4.96. The van der Waals surface area contributed by atoms with E-state index in [1.165, 1.54) is 5.56 Å². The minimum absolute atomic E-state index is 0.653. The molecule has 2 nitrogen and oxygen atoms in total. The van der Waals surface area contributed by atoms with Gasteiger partial charge in [-0.25, -0.2) is 0 Å². The van der Waals surface area contributed by atoms with E-state index in [0.29, 0.717) is 6.61 Å². The molecule has 1 aromatic carbocycles. The molecule has 14 heavy (non-hydrogen) atoms. The van der Waals surface area contributed by atoms with Crippen LogP contribution in [-0.4, -0.2) is 12.8 Å². The van der Waals surface area contributed by atoms with Crippen molar-refractivity contribution in [3.63, 3.8) is 0 Å². The van der Waals surface area contributed by atoms with Crippen molar-refractivity contribution in [2.24, 2.45) is 5.16 Å². The Hall–Kier alpha value is -1.31. The maximum atomic E-state index is 4.96. The highest BCUT2D eigenvalue weighted by molar-refractivity contribution is 5.79. The second-order valence-corrected chi connectivity index (χ2v) is 3.09. The lowest BCUT2D eigenvalue weighted by Gasteiger charge is -1.96. The average molecular weight is 190 g/mol. The van der Waals surface area contributed by atoms with E-state index in [-0.39, 0.29) is 0 Å². The quantitative estimate of drug-likeness (QED) is 0.397. The predicted molar refractivity (Wildman–Crippen MR) is 58.6 cm³/mol. The second-order valence-electron chi connectivity index (χ2n) is 3.09. The molecule has 75 valence electrons. The molecular formula is C12H16NO. The first kappa shape index (κ1) is 10.8. The van der Waals surface area contributed by atoms with Gasteiger partial charge in [-0.15, -0.1) is 0 Å². The molecule has 1 aromatic rings. The van der Waals surface area contributed by atoms with Gasteiger partial charge in [0, 0.05) is 5.56 Å². The first-order valence-corrected chi connectivity index (χ1v) is 5.03. The Morgan fingerprint density at radius 1 is 1.21 bits per heavy atom. The third kappa shape index (κ3) is 3.60. The summed E-state index contributed by atoms with van der Waals surface area (Å²) in [6.07, 6.45) is 4.86. The fourth-order valence-electron chi connectivity index (χ4n) is 1.04. The SMILES string of the molecule is CCCO/N=[C]\c1ccc(CC)cc1. The second kappa shape index (κ2) is 6.19. The maximum absolute atomic E-state index is 4.96. The van der Waals surface area contributed by atoms with Crippen molar-refractivity contribution in [1.29, 1.82) is 0 Å². The monoisotopic (exact) mass is 190 g/mol. The molecule has 0 saturated carbocycles. The van der Waals surface area contributed by atoms with Crippen molar-refractivity contribution in [2.75, 3.05) is 6.61 Å². The van der Waals surface area contributed by atoms with Crippen LogP contribution in [0.3, 0.4) is 0 Å². The fraction of sp³-hybridized carbons (Fsp3) is 0.417. The van der Waals surface area contributed by atoms with E-state index in [4.69, 9.17) is 4.84 Å². The zero-order valence-corrected chi connectivity index (χ0v) is 8.79. The summed E-state index contributed by atoms with van der Waals surface area (Å²) in [7, 11) is 0. The van der Waals surface area contributed by atoms with E-state index >= 15 is 0 Å². The van der Waals surface area contributed by atoms with Gasteiger partial charge in [0.25, 0.3) is 0 Å². The van der Waals surface area contributed by atoms with Gasteiger partial charge in [-0.2, -0.15) is 0 Å². The lowest BCUT2D eigenvalue weighted by molar-refractivity contribution is 0.146. The standard InChI is InChI=1S/C12H16NO/c1-3-9-14-13-10-12-7-5-11(4-2)6-8-12/h5-8H,3-4,9H2,1-2H3. The van der Waals surface area contributed by atoms with E-state index in [1.807, 2.05) is 19.1 Å². The summed E-state index contributed by atoms with van der Waals surface area (Å²) in [5.41, 5.74) is 2.28. The van der Waals surface area contributed by atoms with Gasteiger partial charge >= 0.3 is 0 Å². The zero-order valence-electron chi connectivity index (χ0n) is 8.79. The van der Waals surface area contributed by atoms with Gasteiger partial charge in [-0.3, -0.25) is 0 Å². The largest absolute Gasteiger partial charge is 0.395 e. The highest BCUT2D eigenvalue weighted by Gasteiger charge is 1.90. The summed E-state index contributed by atoms with van der Waals surface area (Å²) in [5.74, 6) is 0. The first-order chi connectivity index (χ1) is 6.86. The van der Waals surface area contributed by atoms with Crippen LogP contribution < -0.4 is 0 Å². The van der Waals surface area contributed by atoms with Crippen LogP contribution in [0.2, 0.25) is 0 Å². The summed E-state index contributed by atoms with van der Waals surface area (Å²) < 4.78 is 0. The van der Waals surface area contributed by atoms with Crippen molar-refractivity contribution >= 4 is 6.21 Å². The molecule has 0 saturated heterocycles. The third-order valence-corrected chi connectivity index (χ3v) is 1.90.